The van der Waals surface area contributed by atoms with Crippen LogP contribution in [0.5, 0.6) is 17.2 Å². The fourth-order valence-corrected chi connectivity index (χ4v) is 2.89. The van der Waals surface area contributed by atoms with Gasteiger partial charge in [-0.15, -0.1) is 0 Å². The van der Waals surface area contributed by atoms with Crippen LogP contribution in [0.1, 0.15) is 22.6 Å². The highest BCUT2D eigenvalue weighted by molar-refractivity contribution is 5.55. The summed E-state index contributed by atoms with van der Waals surface area (Å²) in [5.74, 6) is 1.56. The van der Waals surface area contributed by atoms with Crippen molar-refractivity contribution in [3.63, 3.8) is 0 Å². The molecule has 3 heteroatoms. The summed E-state index contributed by atoms with van der Waals surface area (Å²) in [7, 11) is 3.24. The van der Waals surface area contributed by atoms with Gasteiger partial charge in [0.15, 0.2) is 0 Å². The molecule has 1 atom stereocenters. The Balaban J connectivity index is 2.01. The van der Waals surface area contributed by atoms with Gasteiger partial charge in [-0.3, -0.25) is 0 Å². The van der Waals surface area contributed by atoms with E-state index in [0.29, 0.717) is 5.75 Å². The Labute approximate surface area is 154 Å². The molecule has 1 unspecified atom stereocenters. The summed E-state index contributed by atoms with van der Waals surface area (Å²) < 4.78 is 10.5. The predicted octanol–water partition coefficient (Wildman–Crippen LogP) is 5.25. The molecule has 0 bridgehead atoms. The highest BCUT2D eigenvalue weighted by atomic mass is 16.5. The number of phenolic OH excluding ortho intramolecular Hbond substituents is 1. The van der Waals surface area contributed by atoms with E-state index in [1.165, 1.54) is 0 Å². The van der Waals surface area contributed by atoms with Crippen molar-refractivity contribution < 1.29 is 14.6 Å². The number of rotatable bonds is 6. The fourth-order valence-electron chi connectivity index (χ4n) is 2.89. The number of allylic oxidation sites excluding steroid dienone is 1. The zero-order valence-electron chi connectivity index (χ0n) is 14.9. The lowest BCUT2D eigenvalue weighted by Gasteiger charge is -2.17. The highest BCUT2D eigenvalue weighted by Gasteiger charge is 2.16. The van der Waals surface area contributed by atoms with Crippen molar-refractivity contribution in [2.75, 3.05) is 14.2 Å². The normalized spacial score (nSPS) is 12.1. The van der Waals surface area contributed by atoms with E-state index in [0.717, 1.165) is 22.4 Å². The van der Waals surface area contributed by atoms with Crippen LogP contribution in [-0.2, 0) is 0 Å². The number of benzene rings is 3. The molecule has 0 aliphatic rings. The van der Waals surface area contributed by atoms with Gasteiger partial charge >= 0.3 is 0 Å². The average Bonchev–Trinajstić information content (AvgIpc) is 2.70. The Morgan fingerprint density at radius 1 is 0.808 bits per heavy atom. The lowest BCUT2D eigenvalue weighted by atomic mass is 9.89. The Kier molecular flexibility index (Phi) is 5.59. The number of aromatic hydroxyl groups is 1. The molecule has 3 nitrogen and oxygen atoms in total. The van der Waals surface area contributed by atoms with Crippen molar-refractivity contribution in [1.29, 1.82) is 0 Å². The zero-order chi connectivity index (χ0) is 18.4. The van der Waals surface area contributed by atoms with Gasteiger partial charge in [-0.1, -0.05) is 60.7 Å². The lowest BCUT2D eigenvalue weighted by molar-refractivity contribution is 0.406. The molecule has 0 saturated heterocycles. The van der Waals surface area contributed by atoms with Crippen LogP contribution >= 0.6 is 0 Å². The molecule has 1 N–H and O–H groups in total. The summed E-state index contributed by atoms with van der Waals surface area (Å²) >= 11 is 0. The van der Waals surface area contributed by atoms with Crippen LogP contribution in [0, 0.1) is 0 Å². The second-order valence-electron chi connectivity index (χ2n) is 5.95. The summed E-state index contributed by atoms with van der Waals surface area (Å²) in [4.78, 5) is 0. The first-order chi connectivity index (χ1) is 12.7. The van der Waals surface area contributed by atoms with Gasteiger partial charge in [-0.25, -0.2) is 0 Å². The van der Waals surface area contributed by atoms with E-state index in [1.54, 1.807) is 20.3 Å². The van der Waals surface area contributed by atoms with Crippen LogP contribution in [0.25, 0.3) is 6.08 Å². The van der Waals surface area contributed by atoms with Gasteiger partial charge in [-0.2, -0.15) is 0 Å². The maximum absolute atomic E-state index is 10.5. The fraction of sp³-hybridized carbons (Fsp3) is 0.130. The summed E-state index contributed by atoms with van der Waals surface area (Å²) in [6, 6.07) is 23.4. The molecule has 3 rings (SSSR count). The molecule has 0 aromatic heterocycles. The van der Waals surface area contributed by atoms with Crippen molar-refractivity contribution in [3.8, 4) is 17.2 Å². The molecule has 0 aliphatic heterocycles. The standard InChI is InChI=1S/C23H22O3/c1-25-19-11-9-18(10-12-19)21(14-8-17-6-4-3-5-7-17)22-15-13-20(26-2)16-23(22)24/h3-16,21,24H,1-2H3/b14-8+. The SMILES string of the molecule is COc1ccc(C(/C=C/c2ccccc2)c2ccc(OC)cc2O)cc1. The first kappa shape index (κ1) is 17.6. The maximum Gasteiger partial charge on any atom is 0.123 e. The van der Waals surface area contributed by atoms with Gasteiger partial charge in [0.1, 0.15) is 17.2 Å². The second kappa shape index (κ2) is 8.26. The van der Waals surface area contributed by atoms with E-state index >= 15 is 0 Å². The predicted molar refractivity (Wildman–Crippen MR) is 105 cm³/mol. The molecule has 0 amide bonds. The molecule has 0 aliphatic carbocycles. The second-order valence-corrected chi connectivity index (χ2v) is 5.95. The zero-order valence-corrected chi connectivity index (χ0v) is 14.9. The molecular formula is C23H22O3. The number of hydrogen-bond acceptors (Lipinski definition) is 3. The van der Waals surface area contributed by atoms with Gasteiger partial charge in [0.05, 0.1) is 14.2 Å². The molecule has 0 heterocycles. The van der Waals surface area contributed by atoms with E-state index in [-0.39, 0.29) is 11.7 Å². The van der Waals surface area contributed by atoms with Gasteiger partial charge < -0.3 is 14.6 Å². The topological polar surface area (TPSA) is 38.7 Å². The molecule has 26 heavy (non-hydrogen) atoms. The summed E-state index contributed by atoms with van der Waals surface area (Å²) in [5, 5.41) is 10.5. The Bertz CT molecular complexity index is 868. The number of phenols is 1. The molecule has 0 fully saturated rings. The molecule has 0 radical (unpaired) electrons. The van der Waals surface area contributed by atoms with E-state index in [9.17, 15) is 5.11 Å². The van der Waals surface area contributed by atoms with Crippen molar-refractivity contribution in [1.82, 2.24) is 0 Å². The average molecular weight is 346 g/mol. The van der Waals surface area contributed by atoms with E-state index in [2.05, 4.69) is 24.3 Å². The first-order valence-corrected chi connectivity index (χ1v) is 8.45. The Morgan fingerprint density at radius 2 is 1.46 bits per heavy atom. The smallest absolute Gasteiger partial charge is 0.123 e. The Hall–Kier alpha value is -3.20. The summed E-state index contributed by atoms with van der Waals surface area (Å²) in [6.45, 7) is 0. The third kappa shape index (κ3) is 4.06. The molecule has 132 valence electrons. The van der Waals surface area contributed by atoms with Crippen LogP contribution in [0.4, 0.5) is 0 Å². The maximum atomic E-state index is 10.5. The molecule has 3 aromatic rings. The van der Waals surface area contributed by atoms with E-state index in [1.807, 2.05) is 54.6 Å². The third-order valence-corrected chi connectivity index (χ3v) is 4.33. The van der Waals surface area contributed by atoms with E-state index in [4.69, 9.17) is 9.47 Å². The molecule has 0 saturated carbocycles. The van der Waals surface area contributed by atoms with Gasteiger partial charge in [0, 0.05) is 17.5 Å². The monoisotopic (exact) mass is 346 g/mol. The molecule has 3 aromatic carbocycles. The number of ether oxygens (including phenoxy) is 2. The largest absolute Gasteiger partial charge is 0.507 e. The van der Waals surface area contributed by atoms with Crippen LogP contribution in [0.2, 0.25) is 0 Å². The van der Waals surface area contributed by atoms with E-state index < -0.39 is 0 Å². The summed E-state index contributed by atoms with van der Waals surface area (Å²) in [6.07, 6.45) is 4.16. The van der Waals surface area contributed by atoms with Crippen molar-refractivity contribution in [2.45, 2.75) is 5.92 Å². The molecule has 0 spiro atoms. The van der Waals surface area contributed by atoms with Gasteiger partial charge in [-0.05, 0) is 29.3 Å². The number of hydrogen-bond donors (Lipinski definition) is 1. The van der Waals surface area contributed by atoms with Gasteiger partial charge in [0.25, 0.3) is 0 Å². The quantitative estimate of drug-likeness (QED) is 0.662. The minimum Gasteiger partial charge on any atom is -0.507 e. The number of methoxy groups -OCH3 is 2. The molecular weight excluding hydrogens is 324 g/mol. The minimum atomic E-state index is -0.0907. The third-order valence-electron chi connectivity index (χ3n) is 4.33. The lowest BCUT2D eigenvalue weighted by Crippen LogP contribution is -1.99. The highest BCUT2D eigenvalue weighted by Crippen LogP contribution is 2.35. The van der Waals surface area contributed by atoms with Crippen LogP contribution < -0.4 is 9.47 Å². The van der Waals surface area contributed by atoms with Gasteiger partial charge in [0.2, 0.25) is 0 Å². The van der Waals surface area contributed by atoms with Crippen LogP contribution in [-0.4, -0.2) is 19.3 Å². The van der Waals surface area contributed by atoms with Crippen molar-refractivity contribution in [3.05, 3.63) is 95.6 Å². The first-order valence-electron chi connectivity index (χ1n) is 8.45. The Morgan fingerprint density at radius 3 is 2.08 bits per heavy atom. The van der Waals surface area contributed by atoms with Crippen LogP contribution in [0.3, 0.4) is 0 Å². The van der Waals surface area contributed by atoms with Crippen molar-refractivity contribution in [2.24, 2.45) is 0 Å². The van der Waals surface area contributed by atoms with Crippen molar-refractivity contribution >= 4 is 6.08 Å². The summed E-state index contributed by atoms with van der Waals surface area (Å²) in [5.41, 5.74) is 3.00. The van der Waals surface area contributed by atoms with Crippen LogP contribution in [0.15, 0.2) is 78.9 Å². The minimum absolute atomic E-state index is 0.0907.